The first-order chi connectivity index (χ1) is 10.1. The molecule has 1 N–H and O–H groups in total. The van der Waals surface area contributed by atoms with Crippen molar-refractivity contribution in [2.24, 2.45) is 0 Å². The molecule has 106 valence electrons. The maximum atomic E-state index is 11.8. The average Bonchev–Trinajstić information content (AvgIpc) is 2.95. The lowest BCUT2D eigenvalue weighted by molar-refractivity contribution is 0.0827. The quantitative estimate of drug-likeness (QED) is 0.802. The van der Waals surface area contributed by atoms with Gasteiger partial charge in [-0.1, -0.05) is 0 Å². The van der Waals surface area contributed by atoms with E-state index in [1.54, 1.807) is 49.6 Å². The number of fused-ring (bicyclic) bond motifs is 1. The summed E-state index contributed by atoms with van der Waals surface area (Å²) in [6.07, 6.45) is 1.65. The van der Waals surface area contributed by atoms with Crippen LogP contribution < -0.4 is 4.74 Å². The van der Waals surface area contributed by atoms with Gasteiger partial charge in [-0.15, -0.1) is 0 Å². The highest BCUT2D eigenvalue weighted by molar-refractivity contribution is 5.93. The Morgan fingerprint density at radius 1 is 1.10 bits per heavy atom. The zero-order valence-electron chi connectivity index (χ0n) is 11.8. The fraction of sp³-hybridized carbons (Fsp3) is 0.125. The standard InChI is InChI=1S/C16H15N3O2/c1-19(2)16(20)11-3-5-12(6-4-11)21-13-7-8-14-15(9-13)18-10-17-14/h3-10H,1-2H3,(H,17,18). The molecule has 0 radical (unpaired) electrons. The fourth-order valence-electron chi connectivity index (χ4n) is 2.04. The first-order valence-corrected chi connectivity index (χ1v) is 6.56. The number of hydrogen-bond donors (Lipinski definition) is 1. The van der Waals surface area contributed by atoms with Crippen LogP contribution in [0.2, 0.25) is 0 Å². The van der Waals surface area contributed by atoms with E-state index in [-0.39, 0.29) is 5.91 Å². The summed E-state index contributed by atoms with van der Waals surface area (Å²) in [5.41, 5.74) is 2.46. The van der Waals surface area contributed by atoms with Gasteiger partial charge in [-0.2, -0.15) is 0 Å². The Morgan fingerprint density at radius 3 is 2.52 bits per heavy atom. The molecule has 1 heterocycles. The normalized spacial score (nSPS) is 10.6. The van der Waals surface area contributed by atoms with Gasteiger partial charge in [-0.05, 0) is 36.4 Å². The predicted octanol–water partition coefficient (Wildman–Crippen LogP) is 3.06. The monoisotopic (exact) mass is 281 g/mol. The van der Waals surface area contributed by atoms with Crippen LogP contribution in [-0.2, 0) is 0 Å². The van der Waals surface area contributed by atoms with E-state index in [0.29, 0.717) is 11.3 Å². The maximum Gasteiger partial charge on any atom is 0.253 e. The van der Waals surface area contributed by atoms with Crippen LogP contribution in [0.3, 0.4) is 0 Å². The summed E-state index contributed by atoms with van der Waals surface area (Å²) in [7, 11) is 3.46. The first kappa shape index (κ1) is 13.2. The summed E-state index contributed by atoms with van der Waals surface area (Å²) in [4.78, 5) is 20.6. The molecule has 0 unspecified atom stereocenters. The van der Waals surface area contributed by atoms with Crippen molar-refractivity contribution in [1.29, 1.82) is 0 Å². The molecule has 21 heavy (non-hydrogen) atoms. The zero-order valence-corrected chi connectivity index (χ0v) is 11.8. The molecule has 5 heteroatoms. The number of aromatic nitrogens is 2. The molecular formula is C16H15N3O2. The first-order valence-electron chi connectivity index (χ1n) is 6.56. The molecule has 1 amide bonds. The lowest BCUT2D eigenvalue weighted by atomic mass is 10.2. The van der Waals surface area contributed by atoms with Crippen LogP contribution in [0.25, 0.3) is 11.0 Å². The van der Waals surface area contributed by atoms with E-state index in [1.165, 1.54) is 0 Å². The van der Waals surface area contributed by atoms with Crippen molar-refractivity contribution in [2.45, 2.75) is 0 Å². The van der Waals surface area contributed by atoms with Crippen LogP contribution in [0.5, 0.6) is 11.5 Å². The number of hydrogen-bond acceptors (Lipinski definition) is 3. The van der Waals surface area contributed by atoms with Crippen LogP contribution in [0.15, 0.2) is 48.8 Å². The number of carbonyl (C=O) groups is 1. The van der Waals surface area contributed by atoms with Crippen molar-refractivity contribution < 1.29 is 9.53 Å². The molecule has 3 aromatic rings. The number of rotatable bonds is 3. The third kappa shape index (κ3) is 2.72. The molecule has 0 aliphatic carbocycles. The van der Waals surface area contributed by atoms with Crippen molar-refractivity contribution in [3.05, 3.63) is 54.4 Å². The molecule has 0 aliphatic heterocycles. The van der Waals surface area contributed by atoms with Gasteiger partial charge >= 0.3 is 0 Å². The Labute approximate surface area is 122 Å². The smallest absolute Gasteiger partial charge is 0.253 e. The van der Waals surface area contributed by atoms with Gasteiger partial charge in [0.25, 0.3) is 5.91 Å². The molecule has 0 bridgehead atoms. The summed E-state index contributed by atoms with van der Waals surface area (Å²) in [5.74, 6) is 1.38. The van der Waals surface area contributed by atoms with Crippen LogP contribution in [0, 0.1) is 0 Å². The third-order valence-corrected chi connectivity index (χ3v) is 3.13. The molecule has 0 atom stereocenters. The summed E-state index contributed by atoms with van der Waals surface area (Å²) >= 11 is 0. The molecule has 0 saturated heterocycles. The highest BCUT2D eigenvalue weighted by Crippen LogP contribution is 2.24. The van der Waals surface area contributed by atoms with Gasteiger partial charge in [0.05, 0.1) is 17.4 Å². The SMILES string of the molecule is CN(C)C(=O)c1ccc(Oc2ccc3nc[nH]c3c2)cc1. The van der Waals surface area contributed by atoms with Gasteiger partial charge in [-0.25, -0.2) is 4.98 Å². The Hall–Kier alpha value is -2.82. The number of nitrogens with one attached hydrogen (secondary N) is 1. The van der Waals surface area contributed by atoms with E-state index >= 15 is 0 Å². The van der Waals surface area contributed by atoms with E-state index in [1.807, 2.05) is 18.2 Å². The van der Waals surface area contributed by atoms with Crippen LogP contribution in [0.4, 0.5) is 0 Å². The Kier molecular flexibility index (Phi) is 3.31. The molecular weight excluding hydrogens is 266 g/mol. The van der Waals surface area contributed by atoms with Gasteiger partial charge in [0, 0.05) is 25.7 Å². The largest absolute Gasteiger partial charge is 0.457 e. The zero-order chi connectivity index (χ0) is 14.8. The fourth-order valence-corrected chi connectivity index (χ4v) is 2.04. The second-order valence-corrected chi connectivity index (χ2v) is 4.91. The van der Waals surface area contributed by atoms with E-state index in [4.69, 9.17) is 4.74 Å². The van der Waals surface area contributed by atoms with Gasteiger partial charge in [0.2, 0.25) is 0 Å². The number of ether oxygens (including phenoxy) is 1. The minimum atomic E-state index is -0.0274. The van der Waals surface area contributed by atoms with E-state index in [0.717, 1.165) is 16.8 Å². The van der Waals surface area contributed by atoms with E-state index in [9.17, 15) is 4.79 Å². The molecule has 2 aromatic carbocycles. The summed E-state index contributed by atoms with van der Waals surface area (Å²) in [6.45, 7) is 0. The summed E-state index contributed by atoms with van der Waals surface area (Å²) in [5, 5.41) is 0. The predicted molar refractivity (Wildman–Crippen MR) is 80.6 cm³/mol. The van der Waals surface area contributed by atoms with Gasteiger partial charge < -0.3 is 14.6 Å². The molecule has 0 aliphatic rings. The van der Waals surface area contributed by atoms with Gasteiger partial charge in [-0.3, -0.25) is 4.79 Å². The number of nitrogens with zero attached hydrogens (tertiary/aromatic N) is 2. The topological polar surface area (TPSA) is 58.2 Å². The van der Waals surface area contributed by atoms with Crippen molar-refractivity contribution >= 4 is 16.9 Å². The lowest BCUT2D eigenvalue weighted by Gasteiger charge is -2.11. The Balaban J connectivity index is 1.79. The van der Waals surface area contributed by atoms with Crippen LogP contribution >= 0.6 is 0 Å². The number of H-pyrrole nitrogens is 1. The summed E-state index contributed by atoms with van der Waals surface area (Å²) < 4.78 is 5.78. The third-order valence-electron chi connectivity index (χ3n) is 3.13. The van der Waals surface area contributed by atoms with Crippen LogP contribution in [-0.4, -0.2) is 34.9 Å². The summed E-state index contributed by atoms with van der Waals surface area (Å²) in [6, 6.07) is 12.7. The molecule has 5 nitrogen and oxygen atoms in total. The maximum absolute atomic E-state index is 11.8. The van der Waals surface area contributed by atoms with Crippen molar-refractivity contribution in [1.82, 2.24) is 14.9 Å². The average molecular weight is 281 g/mol. The van der Waals surface area contributed by atoms with E-state index in [2.05, 4.69) is 9.97 Å². The minimum Gasteiger partial charge on any atom is -0.457 e. The number of benzene rings is 2. The molecule has 3 rings (SSSR count). The van der Waals surface area contributed by atoms with Gasteiger partial charge in [0.15, 0.2) is 0 Å². The molecule has 0 fully saturated rings. The van der Waals surface area contributed by atoms with Crippen LogP contribution in [0.1, 0.15) is 10.4 Å². The van der Waals surface area contributed by atoms with E-state index < -0.39 is 0 Å². The number of imidazole rings is 1. The Morgan fingerprint density at radius 2 is 1.81 bits per heavy atom. The number of carbonyl (C=O) groups excluding carboxylic acids is 1. The molecule has 0 spiro atoms. The van der Waals surface area contributed by atoms with Gasteiger partial charge in [0.1, 0.15) is 11.5 Å². The van der Waals surface area contributed by atoms with Crippen molar-refractivity contribution in [2.75, 3.05) is 14.1 Å². The lowest BCUT2D eigenvalue weighted by Crippen LogP contribution is -2.21. The molecule has 1 aromatic heterocycles. The Bertz CT molecular complexity index is 776. The van der Waals surface area contributed by atoms with Crippen molar-refractivity contribution in [3.8, 4) is 11.5 Å². The second kappa shape index (κ2) is 5.28. The highest BCUT2D eigenvalue weighted by Gasteiger charge is 2.08. The molecule has 0 saturated carbocycles. The number of amides is 1. The minimum absolute atomic E-state index is 0.0274. The number of aromatic amines is 1. The highest BCUT2D eigenvalue weighted by atomic mass is 16.5. The van der Waals surface area contributed by atoms with Crippen molar-refractivity contribution in [3.63, 3.8) is 0 Å². The second-order valence-electron chi connectivity index (χ2n) is 4.91.